The topological polar surface area (TPSA) is 59.8 Å². The summed E-state index contributed by atoms with van der Waals surface area (Å²) in [5, 5.41) is 0. The highest BCUT2D eigenvalue weighted by molar-refractivity contribution is 5.96. The van der Waals surface area contributed by atoms with E-state index < -0.39 is 0 Å². The third kappa shape index (κ3) is 3.37. The quantitative estimate of drug-likeness (QED) is 0.786. The van der Waals surface area contributed by atoms with Crippen LogP contribution in [0.1, 0.15) is 34.9 Å². The van der Waals surface area contributed by atoms with Gasteiger partial charge in [-0.2, -0.15) is 0 Å². The van der Waals surface area contributed by atoms with Gasteiger partial charge in [-0.05, 0) is 18.6 Å². The van der Waals surface area contributed by atoms with Gasteiger partial charge in [0.1, 0.15) is 5.76 Å². The molecule has 2 fully saturated rings. The molecular formula is C20H21NO4. The van der Waals surface area contributed by atoms with Crippen molar-refractivity contribution in [2.75, 3.05) is 19.8 Å². The Labute approximate surface area is 146 Å². The largest absolute Gasteiger partial charge is 0.469 e. The monoisotopic (exact) mass is 339 g/mol. The number of ether oxygens (including phenoxy) is 1. The summed E-state index contributed by atoms with van der Waals surface area (Å²) in [4.78, 5) is 27.3. The standard InChI is InChI=1S/C20H21NO4/c22-18(14-5-2-1-3-6-14)11-15-13-24-10-8-21(15)20(23)17-12-16(17)19-7-4-9-25-19/h1-7,9,15-17H,8,10-13H2/t15-,16-,17+/m1/s1. The maximum atomic E-state index is 12.9. The van der Waals surface area contributed by atoms with Gasteiger partial charge in [-0.25, -0.2) is 0 Å². The molecule has 130 valence electrons. The third-order valence-corrected chi connectivity index (χ3v) is 5.04. The van der Waals surface area contributed by atoms with E-state index in [0.29, 0.717) is 31.7 Å². The van der Waals surface area contributed by atoms with Crippen LogP contribution in [-0.2, 0) is 9.53 Å². The number of benzene rings is 1. The molecule has 1 aliphatic heterocycles. The zero-order valence-electron chi connectivity index (χ0n) is 14.0. The predicted molar refractivity (Wildman–Crippen MR) is 91.3 cm³/mol. The van der Waals surface area contributed by atoms with Crippen molar-refractivity contribution in [2.45, 2.75) is 24.8 Å². The van der Waals surface area contributed by atoms with Gasteiger partial charge in [0.2, 0.25) is 5.91 Å². The predicted octanol–water partition coefficient (Wildman–Crippen LogP) is 2.88. The molecule has 1 aromatic heterocycles. The van der Waals surface area contributed by atoms with Crippen molar-refractivity contribution in [2.24, 2.45) is 5.92 Å². The van der Waals surface area contributed by atoms with Crippen molar-refractivity contribution < 1.29 is 18.7 Å². The first-order valence-electron chi connectivity index (χ1n) is 8.74. The first-order chi connectivity index (χ1) is 12.2. The van der Waals surface area contributed by atoms with Crippen LogP contribution in [0.5, 0.6) is 0 Å². The van der Waals surface area contributed by atoms with Crippen LogP contribution in [0.15, 0.2) is 53.1 Å². The lowest BCUT2D eigenvalue weighted by Crippen LogP contribution is -2.50. The van der Waals surface area contributed by atoms with E-state index in [1.807, 2.05) is 47.4 Å². The molecular weight excluding hydrogens is 318 g/mol. The van der Waals surface area contributed by atoms with E-state index >= 15 is 0 Å². The van der Waals surface area contributed by atoms with Crippen LogP contribution in [0.4, 0.5) is 0 Å². The van der Waals surface area contributed by atoms with Gasteiger partial charge in [-0.3, -0.25) is 9.59 Å². The van der Waals surface area contributed by atoms with Crippen LogP contribution in [0, 0.1) is 5.92 Å². The van der Waals surface area contributed by atoms with E-state index in [0.717, 1.165) is 12.2 Å². The Kier molecular flexibility index (Phi) is 4.40. The molecule has 1 saturated heterocycles. The molecule has 1 aliphatic carbocycles. The van der Waals surface area contributed by atoms with Gasteiger partial charge in [-0.1, -0.05) is 30.3 Å². The normalized spacial score (nSPS) is 25.6. The van der Waals surface area contributed by atoms with Crippen LogP contribution >= 0.6 is 0 Å². The minimum absolute atomic E-state index is 0.0291. The molecule has 3 atom stereocenters. The molecule has 0 N–H and O–H groups in total. The number of rotatable bonds is 5. The number of morpholine rings is 1. The van der Waals surface area contributed by atoms with Crippen molar-refractivity contribution in [1.29, 1.82) is 0 Å². The van der Waals surface area contributed by atoms with Crippen LogP contribution in [-0.4, -0.2) is 42.4 Å². The van der Waals surface area contributed by atoms with E-state index in [9.17, 15) is 9.59 Å². The number of hydrogen-bond donors (Lipinski definition) is 0. The molecule has 2 aliphatic rings. The summed E-state index contributed by atoms with van der Waals surface area (Å²) in [5.74, 6) is 1.20. The Bertz CT molecular complexity index is 740. The van der Waals surface area contributed by atoms with Gasteiger partial charge in [0.15, 0.2) is 5.78 Å². The van der Waals surface area contributed by atoms with Crippen molar-refractivity contribution in [1.82, 2.24) is 4.90 Å². The van der Waals surface area contributed by atoms with Gasteiger partial charge >= 0.3 is 0 Å². The highest BCUT2D eigenvalue weighted by atomic mass is 16.5. The molecule has 4 rings (SSSR count). The van der Waals surface area contributed by atoms with Gasteiger partial charge in [0.05, 0.1) is 25.5 Å². The Balaban J connectivity index is 1.43. The highest BCUT2D eigenvalue weighted by Crippen LogP contribution is 2.49. The molecule has 5 heteroatoms. The second-order valence-electron chi connectivity index (χ2n) is 6.72. The number of carbonyl (C=O) groups excluding carboxylic acids is 2. The fraction of sp³-hybridized carbons (Fsp3) is 0.400. The Hall–Kier alpha value is -2.40. The minimum atomic E-state index is -0.188. The molecule has 1 aromatic carbocycles. The van der Waals surface area contributed by atoms with Crippen LogP contribution in [0.25, 0.3) is 0 Å². The zero-order valence-corrected chi connectivity index (χ0v) is 14.0. The summed E-state index contributed by atoms with van der Waals surface area (Å²) in [6.45, 7) is 1.50. The number of amides is 1. The molecule has 2 heterocycles. The van der Waals surface area contributed by atoms with Crippen molar-refractivity contribution >= 4 is 11.7 Å². The van der Waals surface area contributed by atoms with E-state index in [-0.39, 0.29) is 29.6 Å². The summed E-state index contributed by atoms with van der Waals surface area (Å²) < 4.78 is 11.0. The molecule has 0 unspecified atom stereocenters. The lowest BCUT2D eigenvalue weighted by atomic mass is 10.0. The number of ketones is 1. The van der Waals surface area contributed by atoms with Crippen LogP contribution < -0.4 is 0 Å². The molecule has 1 saturated carbocycles. The van der Waals surface area contributed by atoms with E-state index in [1.54, 1.807) is 6.26 Å². The molecule has 0 radical (unpaired) electrons. The summed E-state index contributed by atoms with van der Waals surface area (Å²) in [6.07, 6.45) is 2.77. The van der Waals surface area contributed by atoms with Crippen molar-refractivity contribution in [3.05, 3.63) is 60.1 Å². The minimum Gasteiger partial charge on any atom is -0.469 e. The Morgan fingerprint density at radius 3 is 2.72 bits per heavy atom. The Morgan fingerprint density at radius 2 is 1.96 bits per heavy atom. The average molecular weight is 339 g/mol. The van der Waals surface area contributed by atoms with E-state index in [1.165, 1.54) is 0 Å². The van der Waals surface area contributed by atoms with Gasteiger partial charge < -0.3 is 14.1 Å². The van der Waals surface area contributed by atoms with Gasteiger partial charge in [0, 0.05) is 30.4 Å². The number of hydrogen-bond acceptors (Lipinski definition) is 4. The van der Waals surface area contributed by atoms with Crippen molar-refractivity contribution in [3.8, 4) is 0 Å². The fourth-order valence-electron chi connectivity index (χ4n) is 3.57. The lowest BCUT2D eigenvalue weighted by molar-refractivity contribution is -0.141. The second kappa shape index (κ2) is 6.84. The molecule has 0 spiro atoms. The maximum absolute atomic E-state index is 12.9. The SMILES string of the molecule is O=C(C[C@@H]1COCCN1C(=O)[C@H]1C[C@H]1c1ccco1)c1ccccc1. The number of Topliss-reactive ketones (excluding diaryl/α,β-unsaturated/α-hetero) is 1. The van der Waals surface area contributed by atoms with Gasteiger partial charge in [0.25, 0.3) is 0 Å². The first kappa shape index (κ1) is 16.1. The maximum Gasteiger partial charge on any atom is 0.226 e. The smallest absolute Gasteiger partial charge is 0.226 e. The summed E-state index contributed by atoms with van der Waals surface area (Å²) in [7, 11) is 0. The Morgan fingerprint density at radius 1 is 1.12 bits per heavy atom. The molecule has 1 amide bonds. The number of nitrogens with zero attached hydrogens (tertiary/aromatic N) is 1. The average Bonchev–Trinajstić information content (AvgIpc) is 3.27. The summed E-state index contributed by atoms with van der Waals surface area (Å²) in [6, 6.07) is 12.8. The zero-order chi connectivity index (χ0) is 17.2. The lowest BCUT2D eigenvalue weighted by Gasteiger charge is -2.35. The van der Waals surface area contributed by atoms with Crippen molar-refractivity contribution in [3.63, 3.8) is 0 Å². The molecule has 25 heavy (non-hydrogen) atoms. The fourth-order valence-corrected chi connectivity index (χ4v) is 3.57. The summed E-state index contributed by atoms with van der Waals surface area (Å²) >= 11 is 0. The van der Waals surface area contributed by atoms with Crippen LogP contribution in [0.3, 0.4) is 0 Å². The third-order valence-electron chi connectivity index (χ3n) is 5.04. The second-order valence-corrected chi connectivity index (χ2v) is 6.72. The van der Waals surface area contributed by atoms with Gasteiger partial charge in [-0.15, -0.1) is 0 Å². The number of furan rings is 1. The number of carbonyl (C=O) groups is 2. The molecule has 2 aromatic rings. The van der Waals surface area contributed by atoms with E-state index in [2.05, 4.69) is 0 Å². The van der Waals surface area contributed by atoms with Crippen LogP contribution in [0.2, 0.25) is 0 Å². The summed E-state index contributed by atoms with van der Waals surface area (Å²) in [5.41, 5.74) is 0.681. The molecule has 5 nitrogen and oxygen atoms in total. The molecule has 0 bridgehead atoms. The first-order valence-corrected chi connectivity index (χ1v) is 8.74. The van der Waals surface area contributed by atoms with E-state index in [4.69, 9.17) is 9.15 Å². The highest BCUT2D eigenvalue weighted by Gasteiger charge is 2.49.